The largest absolute Gasteiger partial charge is 0.309 e. The summed E-state index contributed by atoms with van der Waals surface area (Å²) in [5.41, 5.74) is 6.22. The molecule has 2 aromatic heterocycles. The minimum atomic E-state index is 0.655. The SMILES string of the molecule is N#Cc1ccc(-c2ccc3sc4ccccc4c3c2)c(-n2c3ccccc3c3ccccc32)c1. The summed E-state index contributed by atoms with van der Waals surface area (Å²) in [6.45, 7) is 0. The highest BCUT2D eigenvalue weighted by molar-refractivity contribution is 7.25. The normalized spacial score (nSPS) is 11.5. The lowest BCUT2D eigenvalue weighted by molar-refractivity contribution is 1.18. The molecule has 3 heteroatoms. The van der Waals surface area contributed by atoms with Gasteiger partial charge in [-0.05, 0) is 48.0 Å². The van der Waals surface area contributed by atoms with Crippen molar-refractivity contribution < 1.29 is 0 Å². The number of rotatable bonds is 2. The minimum Gasteiger partial charge on any atom is -0.309 e. The van der Waals surface area contributed by atoms with Crippen molar-refractivity contribution in [2.45, 2.75) is 0 Å². The van der Waals surface area contributed by atoms with Crippen LogP contribution in [0.15, 0.2) is 109 Å². The molecule has 0 atom stereocenters. The Balaban J connectivity index is 1.57. The molecule has 34 heavy (non-hydrogen) atoms. The molecule has 158 valence electrons. The van der Waals surface area contributed by atoms with Crippen molar-refractivity contribution in [2.75, 3.05) is 0 Å². The summed E-state index contributed by atoms with van der Waals surface area (Å²) in [7, 11) is 0. The molecule has 0 unspecified atom stereocenters. The van der Waals surface area contributed by atoms with E-state index in [1.807, 2.05) is 23.5 Å². The van der Waals surface area contributed by atoms with E-state index in [0.29, 0.717) is 5.56 Å². The van der Waals surface area contributed by atoms with E-state index in [9.17, 15) is 5.26 Å². The molecule has 0 radical (unpaired) electrons. The second kappa shape index (κ2) is 7.31. The first-order valence-corrected chi connectivity index (χ1v) is 12.1. The molecule has 0 amide bonds. The van der Waals surface area contributed by atoms with E-state index in [1.165, 1.54) is 30.9 Å². The minimum absolute atomic E-state index is 0.655. The van der Waals surface area contributed by atoms with Crippen LogP contribution >= 0.6 is 11.3 Å². The molecule has 0 aliphatic heterocycles. The number of para-hydroxylation sites is 2. The second-order valence-electron chi connectivity index (χ2n) is 8.52. The lowest BCUT2D eigenvalue weighted by Gasteiger charge is -2.15. The van der Waals surface area contributed by atoms with Crippen molar-refractivity contribution in [2.24, 2.45) is 0 Å². The van der Waals surface area contributed by atoms with Crippen LogP contribution in [0.5, 0.6) is 0 Å². The Labute approximate surface area is 200 Å². The molecule has 7 rings (SSSR count). The van der Waals surface area contributed by atoms with Gasteiger partial charge < -0.3 is 4.57 Å². The average Bonchev–Trinajstić information content (AvgIpc) is 3.44. The van der Waals surface area contributed by atoms with Crippen molar-refractivity contribution in [1.82, 2.24) is 4.57 Å². The molecule has 0 saturated carbocycles. The Morgan fingerprint density at radius 2 is 1.24 bits per heavy atom. The third-order valence-electron chi connectivity index (χ3n) is 6.64. The first kappa shape index (κ1) is 19.1. The quantitative estimate of drug-likeness (QED) is 0.259. The van der Waals surface area contributed by atoms with E-state index in [-0.39, 0.29) is 0 Å². The van der Waals surface area contributed by atoms with E-state index >= 15 is 0 Å². The maximum atomic E-state index is 9.72. The average molecular weight is 451 g/mol. The molecule has 0 aliphatic rings. The molecular weight excluding hydrogens is 432 g/mol. The fourth-order valence-corrected chi connectivity index (χ4v) is 6.19. The molecular formula is C31H18N2S. The molecule has 5 aromatic carbocycles. The molecule has 7 aromatic rings. The zero-order chi connectivity index (χ0) is 22.6. The van der Waals surface area contributed by atoms with Crippen molar-refractivity contribution in [1.29, 1.82) is 5.26 Å². The van der Waals surface area contributed by atoms with Gasteiger partial charge in [0, 0.05) is 36.5 Å². The number of nitrogens with zero attached hydrogens (tertiary/aromatic N) is 2. The van der Waals surface area contributed by atoms with Crippen LogP contribution in [0, 0.1) is 11.3 Å². The molecule has 2 heterocycles. The Bertz CT molecular complexity index is 1880. The van der Waals surface area contributed by atoms with Gasteiger partial charge in [-0.15, -0.1) is 11.3 Å². The maximum Gasteiger partial charge on any atom is 0.0992 e. The predicted octanol–water partition coefficient (Wildman–Crippen LogP) is 8.69. The zero-order valence-corrected chi connectivity index (χ0v) is 19.0. The summed E-state index contributed by atoms with van der Waals surface area (Å²) in [6, 6.07) is 40.7. The van der Waals surface area contributed by atoms with Gasteiger partial charge in [-0.3, -0.25) is 0 Å². The van der Waals surface area contributed by atoms with Gasteiger partial charge in [0.05, 0.1) is 28.4 Å². The predicted molar refractivity (Wildman–Crippen MR) is 144 cm³/mol. The van der Waals surface area contributed by atoms with Gasteiger partial charge in [0.15, 0.2) is 0 Å². The Morgan fingerprint density at radius 3 is 1.97 bits per heavy atom. The summed E-state index contributed by atoms with van der Waals surface area (Å²) in [5, 5.41) is 14.7. The van der Waals surface area contributed by atoms with E-state index in [0.717, 1.165) is 27.8 Å². The van der Waals surface area contributed by atoms with Gasteiger partial charge in [-0.2, -0.15) is 5.26 Å². The van der Waals surface area contributed by atoms with Crippen LogP contribution in [0.1, 0.15) is 5.56 Å². The zero-order valence-electron chi connectivity index (χ0n) is 18.2. The third kappa shape index (κ3) is 2.73. The van der Waals surface area contributed by atoms with Gasteiger partial charge in [-0.1, -0.05) is 66.7 Å². The van der Waals surface area contributed by atoms with E-state index < -0.39 is 0 Å². The number of benzene rings is 5. The number of hydrogen-bond acceptors (Lipinski definition) is 2. The van der Waals surface area contributed by atoms with Gasteiger partial charge in [0.25, 0.3) is 0 Å². The van der Waals surface area contributed by atoms with Crippen LogP contribution in [0.25, 0.3) is 58.8 Å². The third-order valence-corrected chi connectivity index (χ3v) is 7.79. The van der Waals surface area contributed by atoms with Crippen molar-refractivity contribution in [3.8, 4) is 22.9 Å². The van der Waals surface area contributed by atoms with Crippen LogP contribution < -0.4 is 0 Å². The molecule has 2 nitrogen and oxygen atoms in total. The van der Waals surface area contributed by atoms with Gasteiger partial charge in [0.2, 0.25) is 0 Å². The van der Waals surface area contributed by atoms with E-state index in [2.05, 4.69) is 108 Å². The van der Waals surface area contributed by atoms with Crippen LogP contribution in [-0.2, 0) is 0 Å². The lowest BCUT2D eigenvalue weighted by Crippen LogP contribution is -1.98. The van der Waals surface area contributed by atoms with Gasteiger partial charge in [-0.25, -0.2) is 0 Å². The van der Waals surface area contributed by atoms with Crippen LogP contribution in [-0.4, -0.2) is 4.57 Å². The first-order chi connectivity index (χ1) is 16.8. The number of hydrogen-bond donors (Lipinski definition) is 0. The number of aromatic nitrogens is 1. The van der Waals surface area contributed by atoms with Crippen LogP contribution in [0.2, 0.25) is 0 Å². The summed E-state index contributed by atoms with van der Waals surface area (Å²) in [4.78, 5) is 0. The lowest BCUT2D eigenvalue weighted by atomic mass is 9.99. The van der Waals surface area contributed by atoms with E-state index in [4.69, 9.17) is 0 Å². The summed E-state index contributed by atoms with van der Waals surface area (Å²) in [6.07, 6.45) is 0. The summed E-state index contributed by atoms with van der Waals surface area (Å²) >= 11 is 1.83. The smallest absolute Gasteiger partial charge is 0.0992 e. The number of nitriles is 1. The molecule has 0 fully saturated rings. The van der Waals surface area contributed by atoms with Crippen molar-refractivity contribution in [3.05, 3.63) is 115 Å². The van der Waals surface area contributed by atoms with Crippen LogP contribution in [0.3, 0.4) is 0 Å². The summed E-state index contributed by atoms with van der Waals surface area (Å²) in [5.74, 6) is 0. The number of thiophene rings is 1. The molecule has 0 spiro atoms. The highest BCUT2D eigenvalue weighted by Gasteiger charge is 2.16. The fourth-order valence-electron chi connectivity index (χ4n) is 5.11. The Hall–Kier alpha value is -4.39. The fraction of sp³-hybridized carbons (Fsp3) is 0. The van der Waals surface area contributed by atoms with Crippen molar-refractivity contribution >= 4 is 53.3 Å². The van der Waals surface area contributed by atoms with Crippen LogP contribution in [0.4, 0.5) is 0 Å². The topological polar surface area (TPSA) is 28.7 Å². The second-order valence-corrected chi connectivity index (χ2v) is 9.61. The Morgan fingerprint density at radius 1 is 0.588 bits per heavy atom. The maximum absolute atomic E-state index is 9.72. The van der Waals surface area contributed by atoms with Crippen molar-refractivity contribution in [3.63, 3.8) is 0 Å². The molecule has 0 N–H and O–H groups in total. The van der Waals surface area contributed by atoms with Gasteiger partial charge >= 0.3 is 0 Å². The van der Waals surface area contributed by atoms with E-state index in [1.54, 1.807) is 0 Å². The first-order valence-electron chi connectivity index (χ1n) is 11.3. The monoisotopic (exact) mass is 450 g/mol. The standard InChI is InChI=1S/C31H18N2S/c32-19-20-13-15-22(21-14-16-31-26(18-21)25-9-3-6-12-30(25)34-31)29(17-20)33-27-10-4-1-7-23(27)24-8-2-5-11-28(24)33/h1-18H. The molecule has 0 aliphatic carbocycles. The molecule has 0 bridgehead atoms. The molecule has 0 saturated heterocycles. The van der Waals surface area contributed by atoms with Gasteiger partial charge in [0.1, 0.15) is 0 Å². The highest BCUT2D eigenvalue weighted by Crippen LogP contribution is 2.40. The Kier molecular flexibility index (Phi) is 4.11. The highest BCUT2D eigenvalue weighted by atomic mass is 32.1. The summed E-state index contributed by atoms with van der Waals surface area (Å²) < 4.78 is 4.89. The number of fused-ring (bicyclic) bond motifs is 6.